The molecule has 94 valence electrons. The van der Waals surface area contributed by atoms with Crippen LogP contribution < -0.4 is 5.32 Å². The molecule has 0 aliphatic heterocycles. The SMILES string of the molecule is CC(C)CNCC=Cc1cc(F)c(F)c(F)c1. The van der Waals surface area contributed by atoms with Crippen molar-refractivity contribution < 1.29 is 13.2 Å². The van der Waals surface area contributed by atoms with E-state index in [4.69, 9.17) is 0 Å². The van der Waals surface area contributed by atoms with Crippen LogP contribution in [0.4, 0.5) is 13.2 Å². The fourth-order valence-electron chi connectivity index (χ4n) is 1.32. The molecule has 1 nitrogen and oxygen atoms in total. The van der Waals surface area contributed by atoms with Crippen LogP contribution in [0.3, 0.4) is 0 Å². The molecule has 4 heteroatoms. The Labute approximate surface area is 99.3 Å². The summed E-state index contributed by atoms with van der Waals surface area (Å²) >= 11 is 0. The van der Waals surface area contributed by atoms with Gasteiger partial charge in [0.2, 0.25) is 0 Å². The summed E-state index contributed by atoms with van der Waals surface area (Å²) in [4.78, 5) is 0. The van der Waals surface area contributed by atoms with Crippen molar-refractivity contribution >= 4 is 6.08 Å². The summed E-state index contributed by atoms with van der Waals surface area (Å²) in [5.41, 5.74) is 0.313. The van der Waals surface area contributed by atoms with E-state index < -0.39 is 17.5 Å². The maximum atomic E-state index is 12.9. The third kappa shape index (κ3) is 4.61. The van der Waals surface area contributed by atoms with Gasteiger partial charge in [0.05, 0.1) is 0 Å². The van der Waals surface area contributed by atoms with E-state index in [1.54, 1.807) is 12.2 Å². The molecule has 1 aromatic rings. The van der Waals surface area contributed by atoms with Crippen LogP contribution in [0.1, 0.15) is 19.4 Å². The van der Waals surface area contributed by atoms with Crippen LogP contribution in [-0.2, 0) is 0 Å². The van der Waals surface area contributed by atoms with Crippen LogP contribution in [0.2, 0.25) is 0 Å². The lowest BCUT2D eigenvalue weighted by molar-refractivity contribution is 0.447. The standard InChI is InChI=1S/C13H16F3N/c1-9(2)8-17-5-3-4-10-6-11(14)13(16)12(15)7-10/h3-4,6-7,9,17H,5,8H2,1-2H3. The Balaban J connectivity index is 2.54. The highest BCUT2D eigenvalue weighted by molar-refractivity contribution is 5.49. The van der Waals surface area contributed by atoms with Gasteiger partial charge in [-0.25, -0.2) is 13.2 Å². The third-order valence-electron chi connectivity index (χ3n) is 2.13. The van der Waals surface area contributed by atoms with E-state index in [1.807, 2.05) is 0 Å². The lowest BCUT2D eigenvalue weighted by Crippen LogP contribution is -2.19. The Kier molecular flexibility index (Phi) is 5.22. The predicted molar refractivity (Wildman–Crippen MR) is 63.1 cm³/mol. The van der Waals surface area contributed by atoms with E-state index in [0.717, 1.165) is 18.7 Å². The zero-order valence-corrected chi connectivity index (χ0v) is 9.93. The highest BCUT2D eigenvalue weighted by Crippen LogP contribution is 2.14. The number of halogens is 3. The van der Waals surface area contributed by atoms with Gasteiger partial charge in [-0.15, -0.1) is 0 Å². The highest BCUT2D eigenvalue weighted by atomic mass is 19.2. The van der Waals surface area contributed by atoms with Crippen molar-refractivity contribution in [2.75, 3.05) is 13.1 Å². The van der Waals surface area contributed by atoms with Crippen LogP contribution in [0.15, 0.2) is 18.2 Å². The summed E-state index contributed by atoms with van der Waals surface area (Å²) in [5.74, 6) is -3.22. The van der Waals surface area contributed by atoms with Gasteiger partial charge in [0, 0.05) is 6.54 Å². The fraction of sp³-hybridized carbons (Fsp3) is 0.385. The molecule has 1 rings (SSSR count). The fourth-order valence-corrected chi connectivity index (χ4v) is 1.32. The molecule has 0 amide bonds. The molecular weight excluding hydrogens is 227 g/mol. The topological polar surface area (TPSA) is 12.0 Å². The van der Waals surface area contributed by atoms with Crippen molar-refractivity contribution in [1.29, 1.82) is 0 Å². The van der Waals surface area contributed by atoms with Gasteiger partial charge in [0.25, 0.3) is 0 Å². The second-order valence-electron chi connectivity index (χ2n) is 4.25. The minimum Gasteiger partial charge on any atom is -0.313 e. The van der Waals surface area contributed by atoms with E-state index >= 15 is 0 Å². The summed E-state index contributed by atoms with van der Waals surface area (Å²) in [6, 6.07) is 1.94. The largest absolute Gasteiger partial charge is 0.313 e. The molecule has 0 heterocycles. The number of hydrogen-bond donors (Lipinski definition) is 1. The smallest absolute Gasteiger partial charge is 0.194 e. The van der Waals surface area contributed by atoms with E-state index in [1.165, 1.54) is 0 Å². The Morgan fingerprint density at radius 2 is 1.76 bits per heavy atom. The maximum Gasteiger partial charge on any atom is 0.194 e. The second kappa shape index (κ2) is 6.45. The molecule has 0 fully saturated rings. The van der Waals surface area contributed by atoms with Gasteiger partial charge in [-0.1, -0.05) is 26.0 Å². The molecule has 0 atom stereocenters. The van der Waals surface area contributed by atoms with Crippen LogP contribution in [0.25, 0.3) is 6.08 Å². The van der Waals surface area contributed by atoms with Gasteiger partial charge in [-0.05, 0) is 30.2 Å². The molecule has 0 saturated heterocycles. The molecule has 0 aromatic heterocycles. The van der Waals surface area contributed by atoms with Gasteiger partial charge in [-0.3, -0.25) is 0 Å². The average molecular weight is 243 g/mol. The van der Waals surface area contributed by atoms with Gasteiger partial charge < -0.3 is 5.32 Å². The summed E-state index contributed by atoms with van der Waals surface area (Å²) in [6.45, 7) is 5.65. The summed E-state index contributed by atoms with van der Waals surface area (Å²) < 4.78 is 38.4. The summed E-state index contributed by atoms with van der Waals surface area (Å²) in [5, 5.41) is 3.15. The molecule has 1 N–H and O–H groups in total. The molecule has 0 unspecified atom stereocenters. The van der Waals surface area contributed by atoms with Crippen molar-refractivity contribution in [3.8, 4) is 0 Å². The van der Waals surface area contributed by atoms with E-state index in [-0.39, 0.29) is 0 Å². The lowest BCUT2D eigenvalue weighted by Gasteiger charge is -2.03. The average Bonchev–Trinajstić information content (AvgIpc) is 2.25. The first kappa shape index (κ1) is 13.8. The van der Waals surface area contributed by atoms with Gasteiger partial charge in [-0.2, -0.15) is 0 Å². The van der Waals surface area contributed by atoms with Crippen LogP contribution in [-0.4, -0.2) is 13.1 Å². The molecule has 0 aliphatic rings. The van der Waals surface area contributed by atoms with E-state index in [2.05, 4.69) is 19.2 Å². The number of rotatable bonds is 5. The van der Waals surface area contributed by atoms with Crippen molar-refractivity contribution in [2.24, 2.45) is 5.92 Å². The maximum absolute atomic E-state index is 12.9. The monoisotopic (exact) mass is 243 g/mol. The molecule has 0 saturated carbocycles. The van der Waals surface area contributed by atoms with Gasteiger partial charge in [0.15, 0.2) is 17.5 Å². The molecule has 0 bridgehead atoms. The summed E-state index contributed by atoms with van der Waals surface area (Å²) in [7, 11) is 0. The van der Waals surface area contributed by atoms with Crippen molar-refractivity contribution in [3.63, 3.8) is 0 Å². The van der Waals surface area contributed by atoms with Crippen molar-refractivity contribution in [3.05, 3.63) is 41.2 Å². The molecule has 0 spiro atoms. The highest BCUT2D eigenvalue weighted by Gasteiger charge is 2.08. The number of nitrogens with one attached hydrogen (secondary N) is 1. The molecule has 17 heavy (non-hydrogen) atoms. The van der Waals surface area contributed by atoms with Crippen LogP contribution >= 0.6 is 0 Å². The van der Waals surface area contributed by atoms with Crippen molar-refractivity contribution in [2.45, 2.75) is 13.8 Å². The lowest BCUT2D eigenvalue weighted by atomic mass is 10.2. The van der Waals surface area contributed by atoms with E-state index in [9.17, 15) is 13.2 Å². The molecular formula is C13H16F3N. The Morgan fingerprint density at radius 3 is 2.29 bits per heavy atom. The van der Waals surface area contributed by atoms with Gasteiger partial charge in [0.1, 0.15) is 0 Å². The second-order valence-corrected chi connectivity index (χ2v) is 4.25. The Hall–Kier alpha value is -1.29. The van der Waals surface area contributed by atoms with Gasteiger partial charge >= 0.3 is 0 Å². The first-order valence-corrected chi connectivity index (χ1v) is 5.52. The first-order valence-electron chi connectivity index (χ1n) is 5.52. The Morgan fingerprint density at radius 1 is 1.18 bits per heavy atom. The van der Waals surface area contributed by atoms with E-state index in [0.29, 0.717) is 18.0 Å². The molecule has 0 aliphatic carbocycles. The zero-order valence-electron chi connectivity index (χ0n) is 9.93. The summed E-state index contributed by atoms with van der Waals surface area (Å²) in [6.07, 6.45) is 3.30. The molecule has 1 aromatic carbocycles. The normalized spacial score (nSPS) is 11.6. The Bertz CT molecular complexity index is 377. The zero-order chi connectivity index (χ0) is 12.8. The number of hydrogen-bond acceptors (Lipinski definition) is 1. The minimum atomic E-state index is -1.43. The van der Waals surface area contributed by atoms with Crippen molar-refractivity contribution in [1.82, 2.24) is 5.32 Å². The first-order chi connectivity index (χ1) is 8.00. The number of benzene rings is 1. The minimum absolute atomic E-state index is 0.313. The predicted octanol–water partition coefficient (Wildman–Crippen LogP) is 3.36. The third-order valence-corrected chi connectivity index (χ3v) is 2.13. The molecule has 0 radical (unpaired) electrons. The quantitative estimate of drug-likeness (QED) is 0.617. The van der Waals surface area contributed by atoms with Crippen LogP contribution in [0.5, 0.6) is 0 Å². The van der Waals surface area contributed by atoms with Crippen LogP contribution in [0, 0.1) is 23.4 Å².